The molecule has 94 valence electrons. The zero-order valence-electron chi connectivity index (χ0n) is 10.7. The average molecular weight is 234 g/mol. The number of rotatable bonds is 6. The third-order valence-electron chi connectivity index (χ3n) is 2.85. The molecule has 0 radical (unpaired) electrons. The Balaban J connectivity index is 2.27. The number of hydrogen-bond acceptors (Lipinski definition) is 2. The van der Waals surface area contributed by atoms with E-state index in [-0.39, 0.29) is 11.9 Å². The largest absolute Gasteiger partial charge is 0.356 e. The van der Waals surface area contributed by atoms with Crippen molar-refractivity contribution in [3.63, 3.8) is 0 Å². The maximum atomic E-state index is 11.6. The summed E-state index contributed by atoms with van der Waals surface area (Å²) in [6.45, 7) is 4.76. The van der Waals surface area contributed by atoms with Crippen molar-refractivity contribution in [2.75, 3.05) is 6.54 Å². The van der Waals surface area contributed by atoms with Crippen LogP contribution in [-0.2, 0) is 11.2 Å². The Morgan fingerprint density at radius 1 is 1.35 bits per heavy atom. The lowest BCUT2D eigenvalue weighted by Crippen LogP contribution is -2.30. The van der Waals surface area contributed by atoms with Crippen LogP contribution in [-0.4, -0.2) is 18.5 Å². The number of nitrogens with two attached hydrogens (primary N) is 1. The van der Waals surface area contributed by atoms with Crippen LogP contribution in [0.2, 0.25) is 0 Å². The Hall–Kier alpha value is -1.35. The van der Waals surface area contributed by atoms with Crippen molar-refractivity contribution in [2.45, 2.75) is 39.2 Å². The molecule has 1 aromatic carbocycles. The summed E-state index contributed by atoms with van der Waals surface area (Å²) in [6.07, 6.45) is 2.24. The van der Waals surface area contributed by atoms with Crippen LogP contribution in [0.4, 0.5) is 0 Å². The monoisotopic (exact) mass is 234 g/mol. The van der Waals surface area contributed by atoms with E-state index in [1.54, 1.807) is 0 Å². The normalized spacial score (nSPS) is 12.2. The predicted octanol–water partition coefficient (Wildman–Crippen LogP) is 1.78. The SMILES string of the molecule is CCC(N)CCNC(=O)Cc1ccc(C)cc1. The highest BCUT2D eigenvalue weighted by molar-refractivity contribution is 5.78. The summed E-state index contributed by atoms with van der Waals surface area (Å²) < 4.78 is 0. The fourth-order valence-electron chi connectivity index (χ4n) is 1.55. The first-order valence-electron chi connectivity index (χ1n) is 6.19. The van der Waals surface area contributed by atoms with Gasteiger partial charge in [0.1, 0.15) is 0 Å². The zero-order valence-corrected chi connectivity index (χ0v) is 10.7. The molecule has 0 aliphatic heterocycles. The molecular weight excluding hydrogens is 212 g/mol. The third-order valence-corrected chi connectivity index (χ3v) is 2.85. The molecule has 1 amide bonds. The van der Waals surface area contributed by atoms with E-state index in [4.69, 9.17) is 5.73 Å². The molecule has 1 atom stereocenters. The minimum Gasteiger partial charge on any atom is -0.356 e. The molecule has 0 aliphatic carbocycles. The first-order valence-corrected chi connectivity index (χ1v) is 6.19. The van der Waals surface area contributed by atoms with Gasteiger partial charge in [-0.25, -0.2) is 0 Å². The van der Waals surface area contributed by atoms with Crippen LogP contribution in [0.15, 0.2) is 24.3 Å². The lowest BCUT2D eigenvalue weighted by Gasteiger charge is -2.09. The average Bonchev–Trinajstić information content (AvgIpc) is 2.32. The van der Waals surface area contributed by atoms with E-state index >= 15 is 0 Å². The quantitative estimate of drug-likeness (QED) is 0.788. The molecule has 3 heteroatoms. The van der Waals surface area contributed by atoms with Crippen LogP contribution in [0.1, 0.15) is 30.9 Å². The summed E-state index contributed by atoms with van der Waals surface area (Å²) in [6, 6.07) is 8.22. The van der Waals surface area contributed by atoms with Crippen LogP contribution in [0.3, 0.4) is 0 Å². The van der Waals surface area contributed by atoms with Gasteiger partial charge in [-0.1, -0.05) is 36.8 Å². The lowest BCUT2D eigenvalue weighted by molar-refractivity contribution is -0.120. The number of aryl methyl sites for hydroxylation is 1. The Morgan fingerprint density at radius 2 is 2.00 bits per heavy atom. The standard InChI is InChI=1S/C14H22N2O/c1-3-13(15)8-9-16-14(17)10-12-6-4-11(2)5-7-12/h4-7,13H,3,8-10,15H2,1-2H3,(H,16,17). The Kier molecular flexibility index (Phi) is 5.70. The molecule has 3 nitrogen and oxygen atoms in total. The summed E-state index contributed by atoms with van der Waals surface area (Å²) >= 11 is 0. The van der Waals surface area contributed by atoms with Crippen molar-refractivity contribution >= 4 is 5.91 Å². The Morgan fingerprint density at radius 3 is 2.59 bits per heavy atom. The first kappa shape index (κ1) is 13.7. The molecule has 0 spiro atoms. The highest BCUT2D eigenvalue weighted by Crippen LogP contribution is 2.03. The van der Waals surface area contributed by atoms with Crippen molar-refractivity contribution < 1.29 is 4.79 Å². The molecule has 0 saturated carbocycles. The second-order valence-electron chi connectivity index (χ2n) is 4.47. The number of benzene rings is 1. The van der Waals surface area contributed by atoms with Gasteiger partial charge in [0.15, 0.2) is 0 Å². The third kappa shape index (κ3) is 5.50. The lowest BCUT2D eigenvalue weighted by atomic mass is 10.1. The van der Waals surface area contributed by atoms with Gasteiger partial charge in [0.05, 0.1) is 6.42 Å². The maximum Gasteiger partial charge on any atom is 0.224 e. The summed E-state index contributed by atoms with van der Waals surface area (Å²) in [7, 11) is 0. The number of amides is 1. The van der Waals surface area contributed by atoms with Crippen molar-refractivity contribution in [1.29, 1.82) is 0 Å². The Labute approximate surface area is 103 Å². The van der Waals surface area contributed by atoms with E-state index in [9.17, 15) is 4.79 Å². The van der Waals surface area contributed by atoms with E-state index < -0.39 is 0 Å². The second kappa shape index (κ2) is 7.07. The molecule has 3 N–H and O–H groups in total. The molecular formula is C14H22N2O. The van der Waals surface area contributed by atoms with E-state index in [0.717, 1.165) is 18.4 Å². The minimum absolute atomic E-state index is 0.0668. The number of nitrogens with one attached hydrogen (secondary N) is 1. The van der Waals surface area contributed by atoms with Crippen LogP contribution >= 0.6 is 0 Å². The van der Waals surface area contributed by atoms with Crippen molar-refractivity contribution in [3.05, 3.63) is 35.4 Å². The van der Waals surface area contributed by atoms with Gasteiger partial charge in [0.25, 0.3) is 0 Å². The van der Waals surface area contributed by atoms with Gasteiger partial charge in [-0.05, 0) is 25.3 Å². The van der Waals surface area contributed by atoms with Crippen LogP contribution in [0, 0.1) is 6.92 Å². The van der Waals surface area contributed by atoms with Gasteiger partial charge < -0.3 is 11.1 Å². The Bertz CT molecular complexity index is 346. The van der Waals surface area contributed by atoms with E-state index in [0.29, 0.717) is 13.0 Å². The van der Waals surface area contributed by atoms with Gasteiger partial charge in [-0.3, -0.25) is 4.79 Å². The van der Waals surface area contributed by atoms with Gasteiger partial charge in [-0.2, -0.15) is 0 Å². The summed E-state index contributed by atoms with van der Waals surface area (Å²) in [4.78, 5) is 11.6. The topological polar surface area (TPSA) is 55.1 Å². The molecule has 0 fully saturated rings. The summed E-state index contributed by atoms with van der Waals surface area (Å²) in [5.41, 5.74) is 8.04. The molecule has 1 rings (SSSR count). The van der Waals surface area contributed by atoms with Gasteiger partial charge in [-0.15, -0.1) is 0 Å². The second-order valence-corrected chi connectivity index (χ2v) is 4.47. The molecule has 0 saturated heterocycles. The van der Waals surface area contributed by atoms with Gasteiger partial charge in [0.2, 0.25) is 5.91 Å². The smallest absolute Gasteiger partial charge is 0.224 e. The minimum atomic E-state index is 0.0668. The maximum absolute atomic E-state index is 11.6. The van der Waals surface area contributed by atoms with E-state index in [2.05, 4.69) is 12.2 Å². The van der Waals surface area contributed by atoms with Crippen molar-refractivity contribution in [1.82, 2.24) is 5.32 Å². The van der Waals surface area contributed by atoms with Gasteiger partial charge in [0, 0.05) is 12.6 Å². The summed E-state index contributed by atoms with van der Waals surface area (Å²) in [5.74, 6) is 0.0668. The first-order chi connectivity index (χ1) is 8.11. The zero-order chi connectivity index (χ0) is 12.7. The molecule has 0 bridgehead atoms. The molecule has 0 heterocycles. The molecule has 0 aliphatic rings. The number of carbonyl (C=O) groups excluding carboxylic acids is 1. The highest BCUT2D eigenvalue weighted by atomic mass is 16.1. The van der Waals surface area contributed by atoms with Crippen LogP contribution < -0.4 is 11.1 Å². The highest BCUT2D eigenvalue weighted by Gasteiger charge is 2.04. The van der Waals surface area contributed by atoms with Crippen LogP contribution in [0.5, 0.6) is 0 Å². The molecule has 1 aromatic rings. The predicted molar refractivity (Wildman–Crippen MR) is 70.8 cm³/mol. The van der Waals surface area contributed by atoms with Gasteiger partial charge >= 0.3 is 0 Å². The number of carbonyl (C=O) groups is 1. The molecule has 17 heavy (non-hydrogen) atoms. The van der Waals surface area contributed by atoms with E-state index in [1.165, 1.54) is 5.56 Å². The fourth-order valence-corrected chi connectivity index (χ4v) is 1.55. The van der Waals surface area contributed by atoms with Crippen molar-refractivity contribution in [2.24, 2.45) is 5.73 Å². The fraction of sp³-hybridized carbons (Fsp3) is 0.500. The number of hydrogen-bond donors (Lipinski definition) is 2. The summed E-state index contributed by atoms with van der Waals surface area (Å²) in [5, 5.41) is 2.89. The van der Waals surface area contributed by atoms with Crippen molar-refractivity contribution in [3.8, 4) is 0 Å². The van der Waals surface area contributed by atoms with E-state index in [1.807, 2.05) is 31.2 Å². The molecule has 1 unspecified atom stereocenters. The van der Waals surface area contributed by atoms with Crippen LogP contribution in [0.25, 0.3) is 0 Å². The molecule has 0 aromatic heterocycles.